The van der Waals surface area contributed by atoms with E-state index in [0.717, 1.165) is 5.75 Å². The fourth-order valence-electron chi connectivity index (χ4n) is 1.79. The summed E-state index contributed by atoms with van der Waals surface area (Å²) in [5.74, 6) is 3.42. The van der Waals surface area contributed by atoms with Crippen LogP contribution in [0.3, 0.4) is 0 Å². The van der Waals surface area contributed by atoms with E-state index in [1.54, 1.807) is 0 Å². The van der Waals surface area contributed by atoms with Crippen molar-refractivity contribution in [3.05, 3.63) is 18.7 Å². The Balaban J connectivity index is 2.23. The first-order valence-corrected chi connectivity index (χ1v) is 6.33. The summed E-state index contributed by atoms with van der Waals surface area (Å²) in [5, 5.41) is 0. The highest BCUT2D eigenvalue weighted by atomic mass is 32.2. The SMILES string of the molecule is SCC1(n2ccnc2)CCSCC1. The lowest BCUT2D eigenvalue weighted by Gasteiger charge is -2.37. The zero-order chi connectivity index (χ0) is 9.15. The number of thioether (sulfide) groups is 1. The van der Waals surface area contributed by atoms with Crippen LogP contribution in [0.2, 0.25) is 0 Å². The monoisotopic (exact) mass is 214 g/mol. The molecule has 0 radical (unpaired) electrons. The van der Waals surface area contributed by atoms with Gasteiger partial charge in [0.2, 0.25) is 0 Å². The normalized spacial score (nSPS) is 21.6. The van der Waals surface area contributed by atoms with Gasteiger partial charge in [-0.25, -0.2) is 4.98 Å². The summed E-state index contributed by atoms with van der Waals surface area (Å²) in [5.41, 5.74) is 0.241. The summed E-state index contributed by atoms with van der Waals surface area (Å²) in [7, 11) is 0. The Morgan fingerprint density at radius 2 is 2.23 bits per heavy atom. The zero-order valence-electron chi connectivity index (χ0n) is 7.52. The number of hydrogen-bond donors (Lipinski definition) is 1. The molecule has 2 rings (SSSR count). The summed E-state index contributed by atoms with van der Waals surface area (Å²) < 4.78 is 2.24. The van der Waals surface area contributed by atoms with Crippen LogP contribution in [-0.2, 0) is 5.54 Å². The molecule has 0 aliphatic carbocycles. The number of hydrogen-bond acceptors (Lipinski definition) is 3. The van der Waals surface area contributed by atoms with Crippen molar-refractivity contribution in [1.82, 2.24) is 9.55 Å². The maximum atomic E-state index is 4.48. The summed E-state index contributed by atoms with van der Waals surface area (Å²) in [6.07, 6.45) is 8.28. The number of thiol groups is 1. The third-order valence-corrected chi connectivity index (χ3v) is 4.34. The predicted molar refractivity (Wildman–Crippen MR) is 60.6 cm³/mol. The third-order valence-electron chi connectivity index (χ3n) is 2.77. The minimum absolute atomic E-state index is 0.241. The van der Waals surface area contributed by atoms with Crippen LogP contribution in [-0.4, -0.2) is 26.8 Å². The fraction of sp³-hybridized carbons (Fsp3) is 0.667. The molecule has 1 aromatic rings. The summed E-state index contributed by atoms with van der Waals surface area (Å²) in [6, 6.07) is 0. The van der Waals surface area contributed by atoms with Crippen LogP contribution in [0.25, 0.3) is 0 Å². The van der Waals surface area contributed by atoms with Crippen molar-refractivity contribution >= 4 is 24.4 Å². The number of nitrogens with zero attached hydrogens (tertiary/aromatic N) is 2. The summed E-state index contributed by atoms with van der Waals surface area (Å²) in [4.78, 5) is 4.11. The van der Waals surface area contributed by atoms with Gasteiger partial charge in [0.25, 0.3) is 0 Å². The highest BCUT2D eigenvalue weighted by Crippen LogP contribution is 2.34. The zero-order valence-corrected chi connectivity index (χ0v) is 9.23. The molecule has 13 heavy (non-hydrogen) atoms. The minimum Gasteiger partial charge on any atom is -0.331 e. The number of imidazole rings is 1. The highest BCUT2D eigenvalue weighted by Gasteiger charge is 2.32. The van der Waals surface area contributed by atoms with Gasteiger partial charge in [0, 0.05) is 18.1 Å². The average Bonchev–Trinajstić information content (AvgIpc) is 2.72. The molecular weight excluding hydrogens is 200 g/mol. The maximum absolute atomic E-state index is 4.48. The molecule has 0 atom stereocenters. The van der Waals surface area contributed by atoms with Gasteiger partial charge in [0.1, 0.15) is 0 Å². The Morgan fingerprint density at radius 1 is 1.46 bits per heavy atom. The summed E-state index contributed by atoms with van der Waals surface area (Å²) >= 11 is 6.52. The van der Waals surface area contributed by atoms with E-state index >= 15 is 0 Å². The molecule has 2 nitrogen and oxygen atoms in total. The van der Waals surface area contributed by atoms with E-state index in [1.807, 2.05) is 24.3 Å². The van der Waals surface area contributed by atoms with Crippen molar-refractivity contribution in [3.8, 4) is 0 Å². The van der Waals surface area contributed by atoms with Crippen molar-refractivity contribution in [3.63, 3.8) is 0 Å². The lowest BCUT2D eigenvalue weighted by atomic mass is 9.94. The molecule has 1 saturated heterocycles. The Morgan fingerprint density at radius 3 is 2.77 bits per heavy atom. The van der Waals surface area contributed by atoms with Crippen molar-refractivity contribution in [1.29, 1.82) is 0 Å². The van der Waals surface area contributed by atoms with Crippen LogP contribution in [0.5, 0.6) is 0 Å². The van der Waals surface area contributed by atoms with E-state index in [4.69, 9.17) is 0 Å². The van der Waals surface area contributed by atoms with Crippen molar-refractivity contribution in [2.75, 3.05) is 17.3 Å². The second-order valence-corrected chi connectivity index (χ2v) is 5.01. The van der Waals surface area contributed by atoms with Gasteiger partial charge in [-0.15, -0.1) is 0 Å². The van der Waals surface area contributed by atoms with E-state index in [9.17, 15) is 0 Å². The van der Waals surface area contributed by atoms with Gasteiger partial charge in [-0.05, 0) is 24.3 Å². The first-order valence-electron chi connectivity index (χ1n) is 4.54. The molecule has 1 aromatic heterocycles. The molecule has 1 fully saturated rings. The molecule has 1 aliphatic rings. The van der Waals surface area contributed by atoms with Gasteiger partial charge in [0.05, 0.1) is 11.9 Å². The largest absolute Gasteiger partial charge is 0.331 e. The molecule has 0 saturated carbocycles. The quantitative estimate of drug-likeness (QED) is 0.759. The van der Waals surface area contributed by atoms with Crippen LogP contribution < -0.4 is 0 Å². The smallest absolute Gasteiger partial charge is 0.0951 e. The van der Waals surface area contributed by atoms with Crippen LogP contribution >= 0.6 is 24.4 Å². The van der Waals surface area contributed by atoms with Gasteiger partial charge in [-0.2, -0.15) is 24.4 Å². The minimum atomic E-state index is 0.241. The van der Waals surface area contributed by atoms with Crippen LogP contribution in [0, 0.1) is 0 Å². The van der Waals surface area contributed by atoms with E-state index in [2.05, 4.69) is 28.4 Å². The van der Waals surface area contributed by atoms with Crippen LogP contribution in [0.1, 0.15) is 12.8 Å². The lowest BCUT2D eigenvalue weighted by molar-refractivity contribution is 0.301. The van der Waals surface area contributed by atoms with Crippen molar-refractivity contribution in [2.45, 2.75) is 18.4 Å². The van der Waals surface area contributed by atoms with E-state index < -0.39 is 0 Å². The van der Waals surface area contributed by atoms with Gasteiger partial charge in [-0.3, -0.25) is 0 Å². The molecule has 2 heterocycles. The number of aromatic nitrogens is 2. The average molecular weight is 214 g/mol. The molecule has 0 unspecified atom stereocenters. The van der Waals surface area contributed by atoms with Gasteiger partial charge in [0.15, 0.2) is 0 Å². The standard InChI is InChI=1S/C9H14N2S2/c12-7-9(1-5-13-6-2-9)11-4-3-10-8-11/h3-4,8,12H,1-2,5-7H2. The van der Waals surface area contributed by atoms with E-state index in [0.29, 0.717) is 0 Å². The molecule has 0 N–H and O–H groups in total. The summed E-state index contributed by atoms with van der Waals surface area (Å²) in [6.45, 7) is 0. The predicted octanol–water partition coefficient (Wildman–Crippen LogP) is 2.04. The van der Waals surface area contributed by atoms with Gasteiger partial charge >= 0.3 is 0 Å². The molecule has 4 heteroatoms. The maximum Gasteiger partial charge on any atom is 0.0951 e. The third kappa shape index (κ3) is 1.74. The molecule has 0 bridgehead atoms. The highest BCUT2D eigenvalue weighted by molar-refractivity contribution is 7.99. The molecular formula is C9H14N2S2. The van der Waals surface area contributed by atoms with Crippen molar-refractivity contribution in [2.24, 2.45) is 0 Å². The van der Waals surface area contributed by atoms with Crippen molar-refractivity contribution < 1.29 is 0 Å². The topological polar surface area (TPSA) is 17.8 Å². The van der Waals surface area contributed by atoms with Crippen LogP contribution in [0.15, 0.2) is 18.7 Å². The molecule has 1 aliphatic heterocycles. The lowest BCUT2D eigenvalue weighted by Crippen LogP contribution is -2.38. The number of rotatable bonds is 2. The van der Waals surface area contributed by atoms with E-state index in [-0.39, 0.29) is 5.54 Å². The van der Waals surface area contributed by atoms with Crippen LogP contribution in [0.4, 0.5) is 0 Å². The molecule has 0 spiro atoms. The second kappa shape index (κ2) is 3.96. The Labute approximate surface area is 88.5 Å². The van der Waals surface area contributed by atoms with Gasteiger partial charge < -0.3 is 4.57 Å². The first kappa shape index (κ1) is 9.46. The van der Waals surface area contributed by atoms with Gasteiger partial charge in [-0.1, -0.05) is 0 Å². The molecule has 72 valence electrons. The Kier molecular flexibility index (Phi) is 2.89. The second-order valence-electron chi connectivity index (χ2n) is 3.46. The van der Waals surface area contributed by atoms with E-state index in [1.165, 1.54) is 24.3 Å². The fourth-order valence-corrected chi connectivity index (χ4v) is 3.52. The molecule has 0 amide bonds. The Bertz CT molecular complexity index is 253. The molecule has 0 aromatic carbocycles. The first-order chi connectivity index (χ1) is 6.37. The Hall–Kier alpha value is -0.0900.